The standard InChI is InChI=1S/C17H15ClF2N2O4/c1-10(21-25-9-11-3-6-14(19)15(20)7-11)12-4-5-13(18)16(8-12)26-22-17(23)24-2/h3-8H,9H2,1-2H3,(H,22,23)/b21-10+. The maximum Gasteiger partial charge on any atom is 0.440 e. The lowest BCUT2D eigenvalue weighted by Crippen LogP contribution is -2.26. The van der Waals surface area contributed by atoms with Gasteiger partial charge in [0, 0.05) is 5.56 Å². The summed E-state index contributed by atoms with van der Waals surface area (Å²) in [5.74, 6) is -1.70. The molecular weight excluding hydrogens is 370 g/mol. The van der Waals surface area contributed by atoms with Crippen LogP contribution in [0.2, 0.25) is 5.02 Å². The zero-order valence-corrected chi connectivity index (χ0v) is 14.6. The number of nitrogens with one attached hydrogen (secondary N) is 1. The quantitative estimate of drug-likeness (QED) is 0.598. The number of amides is 1. The summed E-state index contributed by atoms with van der Waals surface area (Å²) in [5.41, 5.74) is 3.57. The number of nitrogens with zero attached hydrogens (tertiary/aromatic N) is 1. The summed E-state index contributed by atoms with van der Waals surface area (Å²) in [6, 6.07) is 8.22. The third-order valence-corrected chi connectivity index (χ3v) is 3.51. The van der Waals surface area contributed by atoms with Crippen LogP contribution in [0.4, 0.5) is 13.6 Å². The first-order valence-electron chi connectivity index (χ1n) is 7.32. The van der Waals surface area contributed by atoms with Crippen LogP contribution in [0.5, 0.6) is 5.75 Å². The van der Waals surface area contributed by atoms with Crippen molar-refractivity contribution in [3.8, 4) is 5.75 Å². The minimum Gasteiger partial charge on any atom is -0.451 e. The van der Waals surface area contributed by atoms with Crippen molar-refractivity contribution < 1.29 is 28.0 Å². The molecule has 0 aliphatic rings. The highest BCUT2D eigenvalue weighted by atomic mass is 35.5. The molecule has 1 amide bonds. The van der Waals surface area contributed by atoms with E-state index in [9.17, 15) is 13.6 Å². The van der Waals surface area contributed by atoms with E-state index in [1.807, 2.05) is 5.48 Å². The second-order valence-corrected chi connectivity index (χ2v) is 5.45. The molecule has 9 heteroatoms. The summed E-state index contributed by atoms with van der Waals surface area (Å²) < 4.78 is 30.4. The minimum atomic E-state index is -0.954. The average Bonchev–Trinajstić information content (AvgIpc) is 2.63. The van der Waals surface area contributed by atoms with Crippen molar-refractivity contribution in [1.29, 1.82) is 0 Å². The highest BCUT2D eigenvalue weighted by Gasteiger charge is 2.09. The van der Waals surface area contributed by atoms with Gasteiger partial charge in [0.2, 0.25) is 0 Å². The Balaban J connectivity index is 2.03. The summed E-state index contributed by atoms with van der Waals surface area (Å²) in [7, 11) is 1.19. The molecule has 6 nitrogen and oxygen atoms in total. The third kappa shape index (κ3) is 5.32. The van der Waals surface area contributed by atoms with Crippen molar-refractivity contribution in [1.82, 2.24) is 5.48 Å². The molecule has 2 aromatic rings. The molecule has 0 aliphatic heterocycles. The van der Waals surface area contributed by atoms with Gasteiger partial charge in [0.1, 0.15) is 6.61 Å². The summed E-state index contributed by atoms with van der Waals surface area (Å²) in [4.78, 5) is 21.2. The highest BCUT2D eigenvalue weighted by molar-refractivity contribution is 6.32. The largest absolute Gasteiger partial charge is 0.451 e. The van der Waals surface area contributed by atoms with Crippen LogP contribution in [-0.2, 0) is 16.2 Å². The molecule has 0 fully saturated rings. The van der Waals surface area contributed by atoms with Crippen LogP contribution < -0.4 is 10.3 Å². The van der Waals surface area contributed by atoms with Gasteiger partial charge in [-0.05, 0) is 36.8 Å². The van der Waals surface area contributed by atoms with Crippen molar-refractivity contribution in [3.63, 3.8) is 0 Å². The number of benzene rings is 2. The number of hydrogen-bond donors (Lipinski definition) is 1. The zero-order valence-electron chi connectivity index (χ0n) is 13.9. The van der Waals surface area contributed by atoms with E-state index in [1.165, 1.54) is 19.2 Å². The van der Waals surface area contributed by atoms with Crippen LogP contribution in [0.25, 0.3) is 0 Å². The molecule has 138 valence electrons. The number of halogens is 3. The molecular formula is C17H15ClF2N2O4. The van der Waals surface area contributed by atoms with Gasteiger partial charge in [0.15, 0.2) is 17.4 Å². The first-order chi connectivity index (χ1) is 12.4. The molecule has 0 saturated heterocycles. The number of carbonyl (C=O) groups excluding carboxylic acids is 1. The zero-order chi connectivity index (χ0) is 19.1. The molecule has 0 atom stereocenters. The molecule has 0 bridgehead atoms. The van der Waals surface area contributed by atoms with Crippen molar-refractivity contribution in [2.24, 2.45) is 5.16 Å². The van der Waals surface area contributed by atoms with Gasteiger partial charge >= 0.3 is 6.09 Å². The predicted octanol–water partition coefficient (Wildman–Crippen LogP) is 4.21. The van der Waals surface area contributed by atoms with Crippen LogP contribution in [0.1, 0.15) is 18.1 Å². The fourth-order valence-corrected chi connectivity index (χ4v) is 1.99. The minimum absolute atomic E-state index is 0.0324. The summed E-state index contributed by atoms with van der Waals surface area (Å²) >= 11 is 5.99. The number of carbonyl (C=O) groups is 1. The van der Waals surface area contributed by atoms with Gasteiger partial charge in [-0.3, -0.25) is 0 Å². The Morgan fingerprint density at radius 1 is 1.19 bits per heavy atom. The van der Waals surface area contributed by atoms with E-state index in [2.05, 4.69) is 9.89 Å². The van der Waals surface area contributed by atoms with Crippen LogP contribution in [0.15, 0.2) is 41.6 Å². The van der Waals surface area contributed by atoms with Crippen LogP contribution in [-0.4, -0.2) is 18.9 Å². The molecule has 0 saturated carbocycles. The molecule has 26 heavy (non-hydrogen) atoms. The van der Waals surface area contributed by atoms with Gasteiger partial charge in [-0.2, -0.15) is 5.48 Å². The van der Waals surface area contributed by atoms with E-state index >= 15 is 0 Å². The lowest BCUT2D eigenvalue weighted by molar-refractivity contribution is 0.118. The van der Waals surface area contributed by atoms with Crippen LogP contribution in [0.3, 0.4) is 0 Å². The lowest BCUT2D eigenvalue weighted by atomic mass is 10.1. The van der Waals surface area contributed by atoms with Gasteiger partial charge in [-0.15, -0.1) is 0 Å². The summed E-state index contributed by atoms with van der Waals surface area (Å²) in [6.07, 6.45) is -0.785. The number of hydrogen-bond acceptors (Lipinski definition) is 5. The average molecular weight is 385 g/mol. The van der Waals surface area contributed by atoms with E-state index in [1.54, 1.807) is 19.1 Å². The Hall–Kier alpha value is -2.87. The molecule has 2 aromatic carbocycles. The smallest absolute Gasteiger partial charge is 0.440 e. The number of rotatable bonds is 6. The normalized spacial score (nSPS) is 11.0. The molecule has 0 spiro atoms. The molecule has 2 rings (SSSR count). The first-order valence-corrected chi connectivity index (χ1v) is 7.69. The molecule has 0 radical (unpaired) electrons. The predicted molar refractivity (Wildman–Crippen MR) is 91.0 cm³/mol. The number of ether oxygens (including phenoxy) is 1. The number of methoxy groups -OCH3 is 1. The van der Waals surface area contributed by atoms with Crippen molar-refractivity contribution in [2.75, 3.05) is 7.11 Å². The Kier molecular flexibility index (Phi) is 6.74. The lowest BCUT2D eigenvalue weighted by Gasteiger charge is -2.09. The first kappa shape index (κ1) is 19.5. The van der Waals surface area contributed by atoms with E-state index in [-0.39, 0.29) is 17.4 Å². The summed E-state index contributed by atoms with van der Waals surface area (Å²) in [6.45, 7) is 1.64. The highest BCUT2D eigenvalue weighted by Crippen LogP contribution is 2.25. The Bertz CT molecular complexity index is 830. The SMILES string of the molecule is COC(=O)NOc1cc(/C(C)=N/OCc2ccc(F)c(F)c2)ccc1Cl. The Morgan fingerprint density at radius 3 is 2.65 bits per heavy atom. The van der Waals surface area contributed by atoms with Gasteiger partial charge in [-0.25, -0.2) is 13.6 Å². The Morgan fingerprint density at radius 2 is 1.96 bits per heavy atom. The number of oxime groups is 1. The van der Waals surface area contributed by atoms with Gasteiger partial charge in [-0.1, -0.05) is 28.9 Å². The van der Waals surface area contributed by atoms with E-state index in [0.717, 1.165) is 12.1 Å². The maximum atomic E-state index is 13.1. The molecule has 0 aliphatic carbocycles. The Labute approximate surface area is 153 Å². The monoisotopic (exact) mass is 384 g/mol. The molecule has 0 unspecified atom stereocenters. The summed E-state index contributed by atoms with van der Waals surface area (Å²) in [5, 5.41) is 4.18. The van der Waals surface area contributed by atoms with Gasteiger partial charge in [0.05, 0.1) is 17.8 Å². The fraction of sp³-hybridized carbons (Fsp3) is 0.176. The van der Waals surface area contributed by atoms with Crippen molar-refractivity contribution >= 4 is 23.4 Å². The fourth-order valence-electron chi connectivity index (χ4n) is 1.83. The van der Waals surface area contributed by atoms with Crippen molar-refractivity contribution in [2.45, 2.75) is 13.5 Å². The van der Waals surface area contributed by atoms with E-state index in [0.29, 0.717) is 16.8 Å². The third-order valence-electron chi connectivity index (χ3n) is 3.20. The van der Waals surface area contributed by atoms with Crippen molar-refractivity contribution in [3.05, 3.63) is 64.2 Å². The number of hydroxylamine groups is 1. The second-order valence-electron chi connectivity index (χ2n) is 5.04. The van der Waals surface area contributed by atoms with Gasteiger partial charge in [0.25, 0.3) is 0 Å². The van der Waals surface area contributed by atoms with Crippen LogP contribution >= 0.6 is 11.6 Å². The maximum absolute atomic E-state index is 13.1. The topological polar surface area (TPSA) is 69.2 Å². The van der Waals surface area contributed by atoms with E-state index in [4.69, 9.17) is 21.3 Å². The molecule has 1 N–H and O–H groups in total. The van der Waals surface area contributed by atoms with Crippen LogP contribution in [0, 0.1) is 11.6 Å². The molecule has 0 heterocycles. The second kappa shape index (κ2) is 9.00. The van der Waals surface area contributed by atoms with Gasteiger partial charge < -0.3 is 14.4 Å². The van der Waals surface area contributed by atoms with E-state index < -0.39 is 17.7 Å². The molecule has 0 aromatic heterocycles.